The Morgan fingerprint density at radius 3 is 3.00 bits per heavy atom. The van der Waals surface area contributed by atoms with E-state index in [2.05, 4.69) is 10.3 Å². The molecule has 1 aliphatic carbocycles. The Morgan fingerprint density at radius 1 is 1.45 bits per heavy atom. The highest BCUT2D eigenvalue weighted by Gasteiger charge is 2.33. The second kappa shape index (κ2) is 2.72. The predicted molar refractivity (Wildman–Crippen MR) is 43.6 cm³/mol. The van der Waals surface area contributed by atoms with Crippen LogP contribution in [0.4, 0.5) is 0 Å². The number of rotatable bonds is 0. The van der Waals surface area contributed by atoms with Gasteiger partial charge in [-0.05, 0) is 19.3 Å². The van der Waals surface area contributed by atoms with E-state index < -0.39 is 0 Å². The number of nitrogens with zero attached hydrogens (tertiary/aromatic N) is 1. The first-order valence-electron chi connectivity index (χ1n) is 4.30. The molecule has 11 heavy (non-hydrogen) atoms. The Hall–Kier alpha value is -0.730. The molecule has 1 aliphatic heterocycles. The lowest BCUT2D eigenvalue weighted by molar-refractivity contribution is 0.159. The fourth-order valence-corrected chi connectivity index (χ4v) is 1.86. The summed E-state index contributed by atoms with van der Waals surface area (Å²) >= 11 is 0. The molecule has 1 N–H and O–H groups in total. The Kier molecular flexibility index (Phi) is 1.72. The molecule has 0 bridgehead atoms. The smallest absolute Gasteiger partial charge is 0.285 e. The van der Waals surface area contributed by atoms with Crippen LogP contribution in [0.5, 0.6) is 0 Å². The molecule has 0 spiro atoms. The first-order valence-corrected chi connectivity index (χ1v) is 4.30. The molecule has 3 heteroatoms. The Morgan fingerprint density at radius 2 is 2.27 bits per heavy atom. The van der Waals surface area contributed by atoms with Crippen LogP contribution in [-0.4, -0.2) is 25.2 Å². The number of aliphatic imine (C=N–C) groups is 1. The van der Waals surface area contributed by atoms with Crippen LogP contribution in [0.25, 0.3) is 0 Å². The largest absolute Gasteiger partial charge is 0.460 e. The van der Waals surface area contributed by atoms with Gasteiger partial charge in [-0.25, -0.2) is 4.99 Å². The van der Waals surface area contributed by atoms with Crippen LogP contribution < -0.4 is 5.32 Å². The number of ether oxygens (including phenoxy) is 1. The molecular weight excluding hydrogens is 140 g/mol. The highest BCUT2D eigenvalue weighted by Crippen LogP contribution is 2.24. The van der Waals surface area contributed by atoms with E-state index in [0.29, 0.717) is 12.1 Å². The fourth-order valence-electron chi connectivity index (χ4n) is 1.86. The number of hydrogen-bond donors (Lipinski definition) is 1. The van der Waals surface area contributed by atoms with Crippen molar-refractivity contribution in [1.82, 2.24) is 5.32 Å². The lowest BCUT2D eigenvalue weighted by Crippen LogP contribution is -2.34. The van der Waals surface area contributed by atoms with Gasteiger partial charge in [-0.3, -0.25) is 0 Å². The second-order valence-corrected chi connectivity index (χ2v) is 3.22. The Labute approximate surface area is 66.8 Å². The van der Waals surface area contributed by atoms with E-state index in [9.17, 15) is 0 Å². The summed E-state index contributed by atoms with van der Waals surface area (Å²) in [5, 5.41) is 3.27. The van der Waals surface area contributed by atoms with Crippen molar-refractivity contribution in [3.05, 3.63) is 0 Å². The van der Waals surface area contributed by atoms with Crippen LogP contribution in [0.1, 0.15) is 25.7 Å². The minimum absolute atomic E-state index is 0.405. The van der Waals surface area contributed by atoms with Crippen molar-refractivity contribution in [1.29, 1.82) is 0 Å². The number of amidine groups is 1. The molecule has 2 rings (SSSR count). The lowest BCUT2D eigenvalue weighted by atomic mass is 9.93. The van der Waals surface area contributed by atoms with Crippen molar-refractivity contribution in [3.63, 3.8) is 0 Å². The minimum Gasteiger partial charge on any atom is -0.460 e. The predicted octanol–water partition coefficient (Wildman–Crippen LogP) is 0.903. The molecule has 0 radical (unpaired) electrons. The Balaban J connectivity index is 2.03. The van der Waals surface area contributed by atoms with E-state index in [1.165, 1.54) is 25.7 Å². The Bertz CT molecular complexity index is 163. The van der Waals surface area contributed by atoms with Gasteiger partial charge in [-0.15, -0.1) is 0 Å². The minimum atomic E-state index is 0.405. The number of fused-ring (bicyclic) bond motifs is 1. The molecule has 0 aromatic carbocycles. The summed E-state index contributed by atoms with van der Waals surface area (Å²) in [5.41, 5.74) is 0. The third-order valence-electron chi connectivity index (χ3n) is 2.48. The average Bonchev–Trinajstić information content (AvgIpc) is 2.46. The molecule has 2 atom stereocenters. The van der Waals surface area contributed by atoms with Gasteiger partial charge in [0.1, 0.15) is 6.10 Å². The van der Waals surface area contributed by atoms with Crippen molar-refractivity contribution in [3.8, 4) is 0 Å². The zero-order valence-corrected chi connectivity index (χ0v) is 6.84. The third-order valence-corrected chi connectivity index (χ3v) is 2.48. The standard InChI is InChI=1S/C8H14N2O/c1-9-8-10-6-4-2-3-5-7(6)11-8/h6-7H,2-5H2,1H3,(H,9,10)/t6-,7+/m0/s1. The van der Waals surface area contributed by atoms with Gasteiger partial charge in [0.15, 0.2) is 0 Å². The van der Waals surface area contributed by atoms with Gasteiger partial charge in [-0.2, -0.15) is 0 Å². The molecule has 2 fully saturated rings. The number of nitrogens with one attached hydrogen (secondary N) is 1. The van der Waals surface area contributed by atoms with Crippen LogP contribution in [0, 0.1) is 0 Å². The van der Waals surface area contributed by atoms with E-state index in [1.54, 1.807) is 7.05 Å². The zero-order valence-electron chi connectivity index (χ0n) is 6.84. The summed E-state index contributed by atoms with van der Waals surface area (Å²) in [6.45, 7) is 0. The first kappa shape index (κ1) is 6.95. The van der Waals surface area contributed by atoms with E-state index in [4.69, 9.17) is 4.74 Å². The molecule has 0 aromatic heterocycles. The summed E-state index contributed by atoms with van der Waals surface area (Å²) < 4.78 is 5.55. The molecule has 0 unspecified atom stereocenters. The van der Waals surface area contributed by atoms with E-state index in [0.717, 1.165) is 6.02 Å². The van der Waals surface area contributed by atoms with Crippen molar-refractivity contribution in [2.24, 2.45) is 4.99 Å². The molecule has 1 saturated carbocycles. The second-order valence-electron chi connectivity index (χ2n) is 3.22. The summed E-state index contributed by atoms with van der Waals surface area (Å²) in [6.07, 6.45) is 5.47. The van der Waals surface area contributed by atoms with Crippen molar-refractivity contribution in [2.75, 3.05) is 7.05 Å². The maximum Gasteiger partial charge on any atom is 0.285 e. The molecule has 1 saturated heterocycles. The summed E-state index contributed by atoms with van der Waals surface area (Å²) in [5.74, 6) is 0. The van der Waals surface area contributed by atoms with Crippen LogP contribution in [0.2, 0.25) is 0 Å². The highest BCUT2D eigenvalue weighted by molar-refractivity contribution is 5.76. The summed E-state index contributed by atoms with van der Waals surface area (Å²) in [6, 6.07) is 1.28. The quantitative estimate of drug-likeness (QED) is 0.562. The molecule has 62 valence electrons. The highest BCUT2D eigenvalue weighted by atomic mass is 16.5. The molecular formula is C8H14N2O. The van der Waals surface area contributed by atoms with E-state index in [-0.39, 0.29) is 0 Å². The summed E-state index contributed by atoms with van der Waals surface area (Å²) in [4.78, 5) is 4.00. The van der Waals surface area contributed by atoms with Crippen molar-refractivity contribution < 1.29 is 4.74 Å². The van der Waals surface area contributed by atoms with Crippen LogP contribution in [-0.2, 0) is 4.74 Å². The SMILES string of the molecule is CN=C1N[C@H]2CCCC[C@H]2O1. The maximum absolute atomic E-state index is 5.55. The van der Waals surface area contributed by atoms with Crippen LogP contribution in [0.15, 0.2) is 4.99 Å². The van der Waals surface area contributed by atoms with E-state index >= 15 is 0 Å². The molecule has 0 amide bonds. The van der Waals surface area contributed by atoms with Gasteiger partial charge in [-0.1, -0.05) is 6.42 Å². The van der Waals surface area contributed by atoms with E-state index in [1.807, 2.05) is 0 Å². The van der Waals surface area contributed by atoms with Gasteiger partial charge in [0, 0.05) is 7.05 Å². The average molecular weight is 154 g/mol. The zero-order chi connectivity index (χ0) is 7.68. The molecule has 0 aromatic rings. The molecule has 1 heterocycles. The lowest BCUT2D eigenvalue weighted by Gasteiger charge is -2.21. The molecule has 2 aliphatic rings. The van der Waals surface area contributed by atoms with Gasteiger partial charge >= 0.3 is 0 Å². The maximum atomic E-state index is 5.55. The van der Waals surface area contributed by atoms with Gasteiger partial charge in [0.25, 0.3) is 6.02 Å². The molecule has 3 nitrogen and oxygen atoms in total. The first-order chi connectivity index (χ1) is 5.40. The van der Waals surface area contributed by atoms with Gasteiger partial charge in [0.2, 0.25) is 0 Å². The van der Waals surface area contributed by atoms with Crippen molar-refractivity contribution >= 4 is 6.02 Å². The van der Waals surface area contributed by atoms with Crippen molar-refractivity contribution in [2.45, 2.75) is 37.8 Å². The van der Waals surface area contributed by atoms with Gasteiger partial charge < -0.3 is 10.1 Å². The van der Waals surface area contributed by atoms with Gasteiger partial charge in [0.05, 0.1) is 6.04 Å². The normalized spacial score (nSPS) is 39.5. The summed E-state index contributed by atoms with van der Waals surface area (Å²) in [7, 11) is 1.76. The monoisotopic (exact) mass is 154 g/mol. The third kappa shape index (κ3) is 1.19. The van der Waals surface area contributed by atoms with Crippen LogP contribution in [0.3, 0.4) is 0 Å². The van der Waals surface area contributed by atoms with Crippen LogP contribution >= 0.6 is 0 Å². The topological polar surface area (TPSA) is 33.6 Å². The number of hydrogen-bond acceptors (Lipinski definition) is 2. The fraction of sp³-hybridized carbons (Fsp3) is 0.875.